The van der Waals surface area contributed by atoms with Gasteiger partial charge >= 0.3 is 0 Å². The first-order valence-corrected chi connectivity index (χ1v) is 11.4. The van der Waals surface area contributed by atoms with Crippen LogP contribution in [-0.2, 0) is 6.61 Å². The van der Waals surface area contributed by atoms with Gasteiger partial charge in [0, 0.05) is 28.3 Å². The summed E-state index contributed by atoms with van der Waals surface area (Å²) in [5, 5.41) is 8.09. The molecule has 6 rings (SSSR count). The number of ether oxygens (including phenoxy) is 1. The van der Waals surface area contributed by atoms with Crippen LogP contribution in [0.15, 0.2) is 104 Å². The van der Waals surface area contributed by atoms with Crippen molar-refractivity contribution in [3.8, 4) is 39.4 Å². The number of fused-ring (bicyclic) bond motifs is 1. The topological polar surface area (TPSA) is 76.6 Å². The molecule has 7 heteroatoms. The van der Waals surface area contributed by atoms with E-state index in [1.165, 1.54) is 18.5 Å². The molecule has 0 bridgehead atoms. The molecule has 0 aliphatic rings. The molecule has 0 saturated heterocycles. The Morgan fingerprint density at radius 3 is 2.33 bits per heavy atom. The van der Waals surface area contributed by atoms with Gasteiger partial charge < -0.3 is 4.74 Å². The van der Waals surface area contributed by atoms with E-state index in [4.69, 9.17) is 9.72 Å². The van der Waals surface area contributed by atoms with Gasteiger partial charge in [0.25, 0.3) is 0 Å². The van der Waals surface area contributed by atoms with E-state index < -0.39 is 0 Å². The molecule has 0 atom stereocenters. The number of hydrogen-bond acceptors (Lipinski definition) is 5. The van der Waals surface area contributed by atoms with Gasteiger partial charge in [-0.05, 0) is 53.6 Å². The van der Waals surface area contributed by atoms with Crippen LogP contribution in [-0.4, -0.2) is 25.1 Å². The molecular weight excluding hydrogens is 453 g/mol. The summed E-state index contributed by atoms with van der Waals surface area (Å²) in [7, 11) is 0. The number of nitrogens with one attached hydrogen (secondary N) is 1. The number of aromatic amines is 1. The highest BCUT2D eigenvalue weighted by atomic mass is 19.1. The van der Waals surface area contributed by atoms with Crippen LogP contribution < -0.4 is 4.74 Å². The monoisotopic (exact) mass is 473 g/mol. The summed E-state index contributed by atoms with van der Waals surface area (Å²) in [5.41, 5.74) is 6.57. The van der Waals surface area contributed by atoms with E-state index in [2.05, 4.69) is 20.2 Å². The van der Waals surface area contributed by atoms with Crippen LogP contribution in [0, 0.1) is 5.82 Å². The SMILES string of the molecule is Fc1ccc(-c2nc3[nH]ncc3c(-c3ccc(OCc4ccccc4)cc3)c2-c2ccncn2)cc1. The Morgan fingerprint density at radius 2 is 1.58 bits per heavy atom. The number of rotatable bonds is 6. The molecule has 3 heterocycles. The Kier molecular flexibility index (Phi) is 5.63. The lowest BCUT2D eigenvalue weighted by molar-refractivity contribution is 0.306. The summed E-state index contributed by atoms with van der Waals surface area (Å²) in [5.74, 6) is 0.457. The first kappa shape index (κ1) is 21.6. The van der Waals surface area contributed by atoms with Crippen molar-refractivity contribution >= 4 is 11.0 Å². The summed E-state index contributed by atoms with van der Waals surface area (Å²) in [4.78, 5) is 13.5. The maximum atomic E-state index is 13.7. The number of pyridine rings is 1. The summed E-state index contributed by atoms with van der Waals surface area (Å²) in [6.07, 6.45) is 4.96. The van der Waals surface area contributed by atoms with Crippen molar-refractivity contribution in [1.82, 2.24) is 25.1 Å². The zero-order chi connectivity index (χ0) is 24.3. The van der Waals surface area contributed by atoms with Gasteiger partial charge in [-0.2, -0.15) is 5.10 Å². The Morgan fingerprint density at radius 1 is 0.806 bits per heavy atom. The minimum Gasteiger partial charge on any atom is -0.489 e. The van der Waals surface area contributed by atoms with Crippen LogP contribution in [0.4, 0.5) is 4.39 Å². The Labute approximate surface area is 206 Å². The van der Waals surface area contributed by atoms with E-state index in [1.807, 2.05) is 60.7 Å². The second kappa shape index (κ2) is 9.38. The predicted molar refractivity (Wildman–Crippen MR) is 137 cm³/mol. The fourth-order valence-electron chi connectivity index (χ4n) is 4.23. The smallest absolute Gasteiger partial charge is 0.156 e. The van der Waals surface area contributed by atoms with Gasteiger partial charge in [-0.3, -0.25) is 5.10 Å². The van der Waals surface area contributed by atoms with Gasteiger partial charge in [-0.25, -0.2) is 19.3 Å². The molecule has 6 nitrogen and oxygen atoms in total. The molecule has 0 amide bonds. The third kappa shape index (κ3) is 4.18. The highest BCUT2D eigenvalue weighted by molar-refractivity contribution is 6.05. The summed E-state index contributed by atoms with van der Waals surface area (Å²) < 4.78 is 19.7. The van der Waals surface area contributed by atoms with Gasteiger partial charge in [0.05, 0.1) is 17.6 Å². The number of H-pyrrole nitrogens is 1. The van der Waals surface area contributed by atoms with Gasteiger partial charge in [0.1, 0.15) is 24.5 Å². The minimum atomic E-state index is -0.309. The first-order valence-electron chi connectivity index (χ1n) is 11.4. The van der Waals surface area contributed by atoms with E-state index in [9.17, 15) is 4.39 Å². The number of hydrogen-bond donors (Lipinski definition) is 1. The van der Waals surface area contributed by atoms with Gasteiger partial charge in [0.2, 0.25) is 0 Å². The molecule has 0 aliphatic heterocycles. The van der Waals surface area contributed by atoms with Crippen molar-refractivity contribution in [2.75, 3.05) is 0 Å². The van der Waals surface area contributed by atoms with Crippen LogP contribution in [0.5, 0.6) is 5.75 Å². The summed E-state index contributed by atoms with van der Waals surface area (Å²) >= 11 is 0. The number of aromatic nitrogens is 5. The fraction of sp³-hybridized carbons (Fsp3) is 0.0345. The zero-order valence-corrected chi connectivity index (χ0v) is 19.1. The fourth-order valence-corrected chi connectivity index (χ4v) is 4.23. The molecule has 174 valence electrons. The van der Waals surface area contributed by atoms with Crippen molar-refractivity contribution in [3.05, 3.63) is 115 Å². The highest BCUT2D eigenvalue weighted by Crippen LogP contribution is 2.42. The molecule has 0 unspecified atom stereocenters. The predicted octanol–water partition coefficient (Wildman–Crippen LogP) is 6.47. The van der Waals surface area contributed by atoms with Crippen LogP contribution in [0.25, 0.3) is 44.7 Å². The lowest BCUT2D eigenvalue weighted by Gasteiger charge is -2.16. The van der Waals surface area contributed by atoms with Gasteiger partial charge in [0.15, 0.2) is 5.65 Å². The Hall–Kier alpha value is -4.91. The second-order valence-electron chi connectivity index (χ2n) is 8.24. The maximum Gasteiger partial charge on any atom is 0.156 e. The lowest BCUT2D eigenvalue weighted by Crippen LogP contribution is -1.98. The minimum absolute atomic E-state index is 0.309. The normalized spacial score (nSPS) is 11.0. The van der Waals surface area contributed by atoms with Crippen molar-refractivity contribution in [2.24, 2.45) is 0 Å². The highest BCUT2D eigenvalue weighted by Gasteiger charge is 2.21. The Bertz CT molecular complexity index is 1620. The molecule has 3 aromatic carbocycles. The van der Waals surface area contributed by atoms with E-state index >= 15 is 0 Å². The van der Waals surface area contributed by atoms with Crippen molar-refractivity contribution in [1.29, 1.82) is 0 Å². The molecule has 1 N–H and O–H groups in total. The van der Waals surface area contributed by atoms with Crippen LogP contribution in [0.3, 0.4) is 0 Å². The molecule has 0 fully saturated rings. The third-order valence-electron chi connectivity index (χ3n) is 5.95. The molecule has 36 heavy (non-hydrogen) atoms. The van der Waals surface area contributed by atoms with Gasteiger partial charge in [-0.1, -0.05) is 42.5 Å². The maximum absolute atomic E-state index is 13.7. The molecule has 6 aromatic rings. The Balaban J connectivity index is 1.49. The van der Waals surface area contributed by atoms with E-state index in [0.717, 1.165) is 39.0 Å². The zero-order valence-electron chi connectivity index (χ0n) is 19.1. The quantitative estimate of drug-likeness (QED) is 0.300. The molecule has 0 spiro atoms. The average molecular weight is 474 g/mol. The van der Waals surface area contributed by atoms with E-state index in [-0.39, 0.29) is 5.82 Å². The summed E-state index contributed by atoms with van der Waals surface area (Å²) in [6.45, 7) is 0.488. The molecular formula is C29H20FN5O. The first-order chi connectivity index (χ1) is 17.8. The molecule has 3 aromatic heterocycles. The average Bonchev–Trinajstić information content (AvgIpc) is 3.41. The standard InChI is InChI=1S/C29H20FN5O/c30-22-10-6-21(7-11-22)28-27(25-14-15-31-18-32-25)26(24-16-33-35-29(24)34-28)20-8-12-23(13-9-20)36-17-19-4-2-1-3-5-19/h1-16,18H,17H2,(H,33,34,35). The molecule has 0 aliphatic carbocycles. The van der Waals surface area contributed by atoms with Crippen LogP contribution in [0.1, 0.15) is 5.56 Å². The van der Waals surface area contributed by atoms with E-state index in [0.29, 0.717) is 23.6 Å². The number of nitrogens with zero attached hydrogens (tertiary/aromatic N) is 4. The number of benzene rings is 3. The van der Waals surface area contributed by atoms with Crippen LogP contribution in [0.2, 0.25) is 0 Å². The lowest BCUT2D eigenvalue weighted by atomic mass is 9.91. The second-order valence-corrected chi connectivity index (χ2v) is 8.24. The molecule has 0 radical (unpaired) electrons. The molecule has 0 saturated carbocycles. The summed E-state index contributed by atoms with van der Waals surface area (Å²) in [6, 6.07) is 26.1. The largest absolute Gasteiger partial charge is 0.489 e. The van der Waals surface area contributed by atoms with E-state index in [1.54, 1.807) is 24.5 Å². The van der Waals surface area contributed by atoms with Crippen molar-refractivity contribution in [2.45, 2.75) is 6.61 Å². The number of halogens is 1. The van der Waals surface area contributed by atoms with Crippen molar-refractivity contribution in [3.63, 3.8) is 0 Å². The van der Waals surface area contributed by atoms with Crippen LogP contribution >= 0.6 is 0 Å². The third-order valence-corrected chi connectivity index (χ3v) is 5.95. The van der Waals surface area contributed by atoms with Gasteiger partial charge in [-0.15, -0.1) is 0 Å². The van der Waals surface area contributed by atoms with Crippen molar-refractivity contribution < 1.29 is 9.13 Å².